The minimum Gasteiger partial charge on any atom is -0.352 e. The molecule has 1 atom stereocenters. The summed E-state index contributed by atoms with van der Waals surface area (Å²) in [5, 5.41) is 12.4. The third-order valence-corrected chi connectivity index (χ3v) is 3.82. The van der Waals surface area contributed by atoms with Crippen molar-refractivity contribution in [3.8, 4) is 6.07 Å². The van der Waals surface area contributed by atoms with E-state index in [1.807, 2.05) is 0 Å². The Bertz CT molecular complexity index is 287. The van der Waals surface area contributed by atoms with E-state index in [1.165, 1.54) is 0 Å². The van der Waals surface area contributed by atoms with Crippen molar-refractivity contribution in [3.05, 3.63) is 0 Å². The van der Waals surface area contributed by atoms with Gasteiger partial charge in [0, 0.05) is 6.04 Å². The Kier molecular flexibility index (Phi) is 5.47. The Morgan fingerprint density at radius 1 is 1.35 bits per heavy atom. The molecule has 0 aromatic rings. The van der Waals surface area contributed by atoms with Crippen LogP contribution in [0.4, 0.5) is 0 Å². The molecule has 1 saturated carbocycles. The molecule has 0 heterocycles. The summed E-state index contributed by atoms with van der Waals surface area (Å²) in [4.78, 5) is 12.3. The average Bonchev–Trinajstić information content (AvgIpc) is 2.38. The van der Waals surface area contributed by atoms with Gasteiger partial charge in [0.25, 0.3) is 0 Å². The molecule has 1 rings (SSSR count). The summed E-state index contributed by atoms with van der Waals surface area (Å²) in [7, 11) is 0. The van der Waals surface area contributed by atoms with E-state index in [4.69, 9.17) is 0 Å². The van der Waals surface area contributed by atoms with Crippen LogP contribution in [0.2, 0.25) is 0 Å². The van der Waals surface area contributed by atoms with Crippen LogP contribution in [0.1, 0.15) is 65.2 Å². The molecular formula is C14H24N2O. The SMILES string of the molecule is CCCC(CC)NC(=O)C1(C#N)CCCCC1. The normalized spacial score (nSPS) is 20.3. The molecule has 0 bridgehead atoms. The molecule has 1 N–H and O–H groups in total. The van der Waals surface area contributed by atoms with Crippen molar-refractivity contribution in [3.63, 3.8) is 0 Å². The molecular weight excluding hydrogens is 212 g/mol. The lowest BCUT2D eigenvalue weighted by molar-refractivity contribution is -0.130. The first-order valence-corrected chi connectivity index (χ1v) is 6.90. The van der Waals surface area contributed by atoms with Crippen molar-refractivity contribution in [1.29, 1.82) is 5.26 Å². The van der Waals surface area contributed by atoms with Crippen molar-refractivity contribution in [2.75, 3.05) is 0 Å². The van der Waals surface area contributed by atoms with E-state index in [0.29, 0.717) is 0 Å². The van der Waals surface area contributed by atoms with Crippen molar-refractivity contribution in [2.24, 2.45) is 5.41 Å². The molecule has 1 amide bonds. The average molecular weight is 236 g/mol. The molecule has 1 aliphatic rings. The van der Waals surface area contributed by atoms with Gasteiger partial charge in [-0.05, 0) is 25.7 Å². The lowest BCUT2D eigenvalue weighted by atomic mass is 9.74. The first kappa shape index (κ1) is 14.0. The van der Waals surface area contributed by atoms with Crippen LogP contribution in [-0.4, -0.2) is 11.9 Å². The summed E-state index contributed by atoms with van der Waals surface area (Å²) >= 11 is 0. The van der Waals surface area contributed by atoms with E-state index in [1.54, 1.807) is 0 Å². The van der Waals surface area contributed by atoms with Crippen LogP contribution in [0.15, 0.2) is 0 Å². The van der Waals surface area contributed by atoms with Gasteiger partial charge in [-0.25, -0.2) is 0 Å². The van der Waals surface area contributed by atoms with Gasteiger partial charge in [0.1, 0.15) is 5.41 Å². The number of nitrogens with one attached hydrogen (secondary N) is 1. The second-order valence-corrected chi connectivity index (χ2v) is 5.12. The van der Waals surface area contributed by atoms with Gasteiger partial charge in [-0.1, -0.05) is 39.5 Å². The predicted molar refractivity (Wildman–Crippen MR) is 68.3 cm³/mol. The number of nitriles is 1. The van der Waals surface area contributed by atoms with E-state index in [-0.39, 0.29) is 11.9 Å². The molecule has 0 aliphatic heterocycles. The monoisotopic (exact) mass is 236 g/mol. The standard InChI is InChI=1S/C14H24N2O/c1-3-8-12(4-2)16-13(17)14(11-15)9-6-5-7-10-14/h12H,3-10H2,1-2H3,(H,16,17). The van der Waals surface area contributed by atoms with Crippen LogP contribution in [0.3, 0.4) is 0 Å². The van der Waals surface area contributed by atoms with Crippen LogP contribution < -0.4 is 5.32 Å². The summed E-state index contributed by atoms with van der Waals surface area (Å²) in [5.41, 5.74) is -0.737. The maximum absolute atomic E-state index is 12.3. The highest BCUT2D eigenvalue weighted by atomic mass is 16.2. The maximum atomic E-state index is 12.3. The number of carbonyl (C=O) groups excluding carboxylic acids is 1. The van der Waals surface area contributed by atoms with Gasteiger partial charge >= 0.3 is 0 Å². The van der Waals surface area contributed by atoms with Crippen LogP contribution in [-0.2, 0) is 4.79 Å². The molecule has 1 unspecified atom stereocenters. The van der Waals surface area contributed by atoms with Gasteiger partial charge in [-0.3, -0.25) is 4.79 Å². The van der Waals surface area contributed by atoms with Crippen molar-refractivity contribution in [2.45, 2.75) is 71.3 Å². The summed E-state index contributed by atoms with van der Waals surface area (Å²) in [6.45, 7) is 4.20. The Balaban J connectivity index is 2.63. The minimum atomic E-state index is -0.737. The molecule has 1 fully saturated rings. The van der Waals surface area contributed by atoms with E-state index < -0.39 is 5.41 Å². The molecule has 17 heavy (non-hydrogen) atoms. The highest BCUT2D eigenvalue weighted by Crippen LogP contribution is 2.36. The van der Waals surface area contributed by atoms with Gasteiger partial charge in [-0.15, -0.1) is 0 Å². The van der Waals surface area contributed by atoms with Crippen LogP contribution in [0.5, 0.6) is 0 Å². The zero-order valence-corrected chi connectivity index (χ0v) is 11.1. The Morgan fingerprint density at radius 3 is 2.47 bits per heavy atom. The predicted octanol–water partition coefficient (Wildman–Crippen LogP) is 3.16. The summed E-state index contributed by atoms with van der Waals surface area (Å²) in [6, 6.07) is 2.51. The topological polar surface area (TPSA) is 52.9 Å². The number of nitrogens with zero attached hydrogens (tertiary/aromatic N) is 1. The van der Waals surface area contributed by atoms with Crippen molar-refractivity contribution < 1.29 is 4.79 Å². The molecule has 0 radical (unpaired) electrons. The van der Waals surface area contributed by atoms with E-state index in [9.17, 15) is 10.1 Å². The number of hydrogen-bond donors (Lipinski definition) is 1. The molecule has 0 spiro atoms. The van der Waals surface area contributed by atoms with E-state index >= 15 is 0 Å². The van der Waals surface area contributed by atoms with Crippen LogP contribution in [0, 0.1) is 16.7 Å². The fourth-order valence-electron chi connectivity index (χ4n) is 2.60. The summed E-state index contributed by atoms with van der Waals surface area (Å²) in [6.07, 6.45) is 7.65. The Morgan fingerprint density at radius 2 is 2.00 bits per heavy atom. The fourth-order valence-corrected chi connectivity index (χ4v) is 2.60. The lowest BCUT2D eigenvalue weighted by Gasteiger charge is -2.31. The second kappa shape index (κ2) is 6.64. The van der Waals surface area contributed by atoms with Gasteiger partial charge in [0.15, 0.2) is 0 Å². The third-order valence-electron chi connectivity index (χ3n) is 3.82. The number of rotatable bonds is 5. The van der Waals surface area contributed by atoms with Gasteiger partial charge in [0.05, 0.1) is 6.07 Å². The van der Waals surface area contributed by atoms with Crippen molar-refractivity contribution in [1.82, 2.24) is 5.32 Å². The second-order valence-electron chi connectivity index (χ2n) is 5.12. The zero-order chi connectivity index (χ0) is 12.7. The number of hydrogen-bond acceptors (Lipinski definition) is 2. The van der Waals surface area contributed by atoms with Gasteiger partial charge in [-0.2, -0.15) is 5.26 Å². The largest absolute Gasteiger partial charge is 0.352 e. The third kappa shape index (κ3) is 3.46. The number of amides is 1. The first-order chi connectivity index (χ1) is 8.18. The first-order valence-electron chi connectivity index (χ1n) is 6.90. The van der Waals surface area contributed by atoms with Gasteiger partial charge in [0.2, 0.25) is 5.91 Å². The number of carbonyl (C=O) groups is 1. The fraction of sp³-hybridized carbons (Fsp3) is 0.857. The van der Waals surface area contributed by atoms with Crippen molar-refractivity contribution >= 4 is 5.91 Å². The molecule has 3 heteroatoms. The van der Waals surface area contributed by atoms with E-state index in [2.05, 4.69) is 25.2 Å². The molecule has 0 aromatic heterocycles. The molecule has 96 valence electrons. The minimum absolute atomic E-state index is 0.0278. The Hall–Kier alpha value is -1.04. The highest BCUT2D eigenvalue weighted by molar-refractivity contribution is 5.85. The van der Waals surface area contributed by atoms with E-state index in [0.717, 1.165) is 51.4 Å². The smallest absolute Gasteiger partial charge is 0.240 e. The maximum Gasteiger partial charge on any atom is 0.240 e. The van der Waals surface area contributed by atoms with Gasteiger partial charge < -0.3 is 5.32 Å². The summed E-state index contributed by atoms with van der Waals surface area (Å²) in [5.74, 6) is -0.0278. The zero-order valence-electron chi connectivity index (χ0n) is 11.1. The molecule has 3 nitrogen and oxygen atoms in total. The van der Waals surface area contributed by atoms with Crippen LogP contribution >= 0.6 is 0 Å². The van der Waals surface area contributed by atoms with Crippen LogP contribution in [0.25, 0.3) is 0 Å². The lowest BCUT2D eigenvalue weighted by Crippen LogP contribution is -2.45. The highest BCUT2D eigenvalue weighted by Gasteiger charge is 2.40. The Labute approximate surface area is 105 Å². The quantitative estimate of drug-likeness (QED) is 0.797. The molecule has 0 saturated heterocycles. The molecule has 1 aliphatic carbocycles. The molecule has 0 aromatic carbocycles. The summed E-state index contributed by atoms with van der Waals surface area (Å²) < 4.78 is 0.